The molecular weight excluding hydrogens is 268 g/mol. The largest absolute Gasteiger partial charge is 0.342 e. The molecule has 6 heteroatoms. The van der Waals surface area contributed by atoms with Crippen LogP contribution in [0.25, 0.3) is 0 Å². The van der Waals surface area contributed by atoms with E-state index >= 15 is 0 Å². The molecule has 0 bridgehead atoms. The number of hydrogen-bond acceptors (Lipinski definition) is 3. The molecule has 0 aromatic carbocycles. The fourth-order valence-corrected chi connectivity index (χ4v) is 3.46. The summed E-state index contributed by atoms with van der Waals surface area (Å²) < 4.78 is 1.59. The number of hydrogen-bond donors (Lipinski definition) is 0. The molecule has 2 aliphatic rings. The number of aryl methyl sites for hydroxylation is 1. The van der Waals surface area contributed by atoms with Crippen molar-refractivity contribution < 1.29 is 9.59 Å². The van der Waals surface area contributed by atoms with Crippen LogP contribution in [0.15, 0.2) is 12.3 Å². The lowest BCUT2D eigenvalue weighted by Crippen LogP contribution is -2.37. The monoisotopic (exact) mass is 290 g/mol. The first kappa shape index (κ1) is 14.1. The fraction of sp³-hybridized carbons (Fsp3) is 0.667. The first-order valence-electron chi connectivity index (χ1n) is 7.53. The fourth-order valence-electron chi connectivity index (χ4n) is 3.46. The van der Waals surface area contributed by atoms with E-state index in [2.05, 4.69) is 18.9 Å². The topological polar surface area (TPSA) is 58.4 Å². The second kappa shape index (κ2) is 5.16. The molecule has 3 heterocycles. The van der Waals surface area contributed by atoms with Crippen LogP contribution in [0, 0.1) is 17.8 Å². The van der Waals surface area contributed by atoms with E-state index in [0.29, 0.717) is 24.7 Å². The van der Waals surface area contributed by atoms with Crippen LogP contribution in [0.4, 0.5) is 0 Å². The maximum atomic E-state index is 12.5. The van der Waals surface area contributed by atoms with Crippen LogP contribution in [0.2, 0.25) is 0 Å². The second-order valence-corrected chi connectivity index (χ2v) is 6.55. The van der Waals surface area contributed by atoms with Crippen molar-refractivity contribution in [1.82, 2.24) is 19.6 Å². The summed E-state index contributed by atoms with van der Waals surface area (Å²) in [6.07, 6.45) is 1.62. The molecule has 2 atom stereocenters. The summed E-state index contributed by atoms with van der Waals surface area (Å²) >= 11 is 0. The van der Waals surface area contributed by atoms with Gasteiger partial charge in [0.15, 0.2) is 0 Å². The third kappa shape index (κ3) is 2.43. The second-order valence-electron chi connectivity index (χ2n) is 6.55. The zero-order valence-corrected chi connectivity index (χ0v) is 12.8. The summed E-state index contributed by atoms with van der Waals surface area (Å²) in [5.74, 6) is 0.955. The van der Waals surface area contributed by atoms with Crippen LogP contribution in [0.5, 0.6) is 0 Å². The maximum Gasteiger partial charge on any atom is 0.272 e. The number of carbonyl (C=O) groups excluding carboxylic acids is 2. The SMILES string of the molecule is CC(C)CN1C[C@H]2CN(C(=O)c3ccnn3C)C[C@H]2C1=O. The van der Waals surface area contributed by atoms with Crippen LogP contribution in [-0.4, -0.2) is 57.6 Å². The van der Waals surface area contributed by atoms with Crippen molar-refractivity contribution in [2.75, 3.05) is 26.2 Å². The van der Waals surface area contributed by atoms with Gasteiger partial charge in [0.05, 0.1) is 5.92 Å². The smallest absolute Gasteiger partial charge is 0.272 e. The lowest BCUT2D eigenvalue weighted by Gasteiger charge is -2.23. The Kier molecular flexibility index (Phi) is 3.47. The molecular formula is C15H22N4O2. The Labute approximate surface area is 124 Å². The van der Waals surface area contributed by atoms with Gasteiger partial charge in [0.25, 0.3) is 5.91 Å². The van der Waals surface area contributed by atoms with Gasteiger partial charge in [0, 0.05) is 45.3 Å². The highest BCUT2D eigenvalue weighted by Gasteiger charge is 2.47. The highest BCUT2D eigenvalue weighted by atomic mass is 16.2. The normalized spacial score (nSPS) is 25.0. The highest BCUT2D eigenvalue weighted by molar-refractivity contribution is 5.93. The Morgan fingerprint density at radius 2 is 2.14 bits per heavy atom. The number of fused-ring (bicyclic) bond motifs is 1. The van der Waals surface area contributed by atoms with E-state index in [1.54, 1.807) is 28.9 Å². The number of amides is 2. The van der Waals surface area contributed by atoms with Crippen molar-refractivity contribution >= 4 is 11.8 Å². The van der Waals surface area contributed by atoms with Crippen LogP contribution in [0.3, 0.4) is 0 Å². The highest BCUT2D eigenvalue weighted by Crippen LogP contribution is 2.33. The molecule has 2 amide bonds. The third-order valence-corrected chi connectivity index (χ3v) is 4.44. The standard InChI is InChI=1S/C15H22N4O2/c1-10(2)6-18-7-11-8-19(9-12(11)14(18)20)15(21)13-4-5-16-17(13)3/h4-5,10-12H,6-9H2,1-3H3/t11-,12+/m0/s1. The van der Waals surface area contributed by atoms with Crippen LogP contribution < -0.4 is 0 Å². The quantitative estimate of drug-likeness (QED) is 0.819. The minimum atomic E-state index is -0.0207. The molecule has 0 radical (unpaired) electrons. The van der Waals surface area contributed by atoms with Gasteiger partial charge in [0.1, 0.15) is 5.69 Å². The molecule has 2 saturated heterocycles. The van der Waals surface area contributed by atoms with Crippen LogP contribution in [0.1, 0.15) is 24.3 Å². The Balaban J connectivity index is 1.67. The molecule has 1 aromatic heterocycles. The van der Waals surface area contributed by atoms with Gasteiger partial charge in [-0.05, 0) is 12.0 Å². The molecule has 21 heavy (non-hydrogen) atoms. The molecule has 0 unspecified atom stereocenters. The molecule has 0 N–H and O–H groups in total. The minimum absolute atomic E-state index is 0.0130. The van der Waals surface area contributed by atoms with Crippen molar-refractivity contribution in [1.29, 1.82) is 0 Å². The van der Waals surface area contributed by atoms with Gasteiger partial charge in [-0.1, -0.05) is 13.8 Å². The van der Waals surface area contributed by atoms with Crippen molar-refractivity contribution in [3.05, 3.63) is 18.0 Å². The van der Waals surface area contributed by atoms with Crippen molar-refractivity contribution in [3.8, 4) is 0 Å². The van der Waals surface area contributed by atoms with Gasteiger partial charge in [-0.2, -0.15) is 5.10 Å². The van der Waals surface area contributed by atoms with E-state index in [4.69, 9.17) is 0 Å². The number of nitrogens with zero attached hydrogens (tertiary/aromatic N) is 4. The Morgan fingerprint density at radius 1 is 1.38 bits per heavy atom. The molecule has 2 fully saturated rings. The maximum absolute atomic E-state index is 12.5. The zero-order valence-electron chi connectivity index (χ0n) is 12.8. The van der Waals surface area contributed by atoms with E-state index < -0.39 is 0 Å². The summed E-state index contributed by atoms with van der Waals surface area (Å²) in [6.45, 7) is 7.08. The Hall–Kier alpha value is -1.85. The molecule has 114 valence electrons. The lowest BCUT2D eigenvalue weighted by molar-refractivity contribution is -0.131. The Morgan fingerprint density at radius 3 is 2.71 bits per heavy atom. The number of aromatic nitrogens is 2. The lowest BCUT2D eigenvalue weighted by atomic mass is 10.0. The van der Waals surface area contributed by atoms with Crippen molar-refractivity contribution in [2.24, 2.45) is 24.8 Å². The van der Waals surface area contributed by atoms with Crippen molar-refractivity contribution in [2.45, 2.75) is 13.8 Å². The molecule has 0 spiro atoms. The predicted octanol–water partition coefficient (Wildman–Crippen LogP) is 0.607. The van der Waals surface area contributed by atoms with Gasteiger partial charge < -0.3 is 9.80 Å². The minimum Gasteiger partial charge on any atom is -0.342 e. The summed E-state index contributed by atoms with van der Waals surface area (Å²) in [5.41, 5.74) is 0.585. The predicted molar refractivity (Wildman–Crippen MR) is 77.5 cm³/mol. The number of carbonyl (C=O) groups is 2. The van der Waals surface area contributed by atoms with Gasteiger partial charge >= 0.3 is 0 Å². The molecule has 1 aromatic rings. The Bertz CT molecular complexity index is 566. The van der Waals surface area contributed by atoms with Gasteiger partial charge in [0.2, 0.25) is 5.91 Å². The first-order chi connectivity index (χ1) is 9.97. The summed E-state index contributed by atoms with van der Waals surface area (Å²) in [6, 6.07) is 1.73. The van der Waals surface area contributed by atoms with Gasteiger partial charge in [-0.15, -0.1) is 0 Å². The zero-order chi connectivity index (χ0) is 15.1. The van der Waals surface area contributed by atoms with Crippen LogP contribution in [-0.2, 0) is 11.8 Å². The summed E-state index contributed by atoms with van der Waals surface area (Å²) in [5, 5.41) is 4.03. The molecule has 0 saturated carbocycles. The van der Waals surface area contributed by atoms with Crippen molar-refractivity contribution in [3.63, 3.8) is 0 Å². The van der Waals surface area contributed by atoms with E-state index in [0.717, 1.165) is 13.1 Å². The number of rotatable bonds is 3. The van der Waals surface area contributed by atoms with Gasteiger partial charge in [-0.3, -0.25) is 14.3 Å². The van der Waals surface area contributed by atoms with Crippen LogP contribution >= 0.6 is 0 Å². The molecule has 6 nitrogen and oxygen atoms in total. The molecule has 3 rings (SSSR count). The van der Waals surface area contributed by atoms with E-state index in [-0.39, 0.29) is 23.7 Å². The van der Waals surface area contributed by atoms with E-state index in [1.165, 1.54) is 0 Å². The average molecular weight is 290 g/mol. The summed E-state index contributed by atoms with van der Waals surface area (Å²) in [4.78, 5) is 28.6. The summed E-state index contributed by atoms with van der Waals surface area (Å²) in [7, 11) is 1.76. The molecule has 0 aliphatic carbocycles. The average Bonchev–Trinajstić information content (AvgIpc) is 3.07. The van der Waals surface area contributed by atoms with E-state index in [1.807, 2.05) is 4.90 Å². The van der Waals surface area contributed by atoms with Gasteiger partial charge in [-0.25, -0.2) is 0 Å². The van der Waals surface area contributed by atoms with E-state index in [9.17, 15) is 9.59 Å². The first-order valence-corrected chi connectivity index (χ1v) is 7.53. The number of likely N-dealkylation sites (tertiary alicyclic amines) is 2. The molecule has 2 aliphatic heterocycles. The third-order valence-electron chi connectivity index (χ3n) is 4.44.